The molecule has 0 atom stereocenters. The van der Waals surface area contributed by atoms with Crippen LogP contribution in [0.1, 0.15) is 53.4 Å². The number of nitro groups is 4. The Labute approximate surface area is 266 Å². The summed E-state index contributed by atoms with van der Waals surface area (Å²) in [5.41, 5.74) is -2.56. The highest BCUT2D eigenvalue weighted by Crippen LogP contribution is 2.41. The molecule has 2 rings (SSSR count). The predicted molar refractivity (Wildman–Crippen MR) is 171 cm³/mol. The Bertz CT molecular complexity index is 1470. The fourth-order valence-electron chi connectivity index (χ4n) is 4.54. The van der Waals surface area contributed by atoms with Crippen LogP contribution < -0.4 is 9.80 Å². The minimum absolute atomic E-state index is 0.142. The summed E-state index contributed by atoms with van der Waals surface area (Å²) in [4.78, 5) is 44.5. The van der Waals surface area contributed by atoms with E-state index in [-0.39, 0.29) is 11.4 Å². The summed E-state index contributed by atoms with van der Waals surface area (Å²) < 4.78 is 46.6. The number of hydrogen-bond acceptors (Lipinski definition) is 14. The van der Waals surface area contributed by atoms with Gasteiger partial charge in [-0.25, -0.2) is 16.8 Å². The van der Waals surface area contributed by atoms with E-state index in [9.17, 15) is 57.3 Å². The average molecular weight is 691 g/mol. The van der Waals surface area contributed by atoms with Gasteiger partial charge in [-0.1, -0.05) is 27.7 Å². The van der Waals surface area contributed by atoms with Crippen LogP contribution in [0, 0.1) is 40.5 Å². The molecule has 0 saturated carbocycles. The van der Waals surface area contributed by atoms with Gasteiger partial charge in [-0.15, -0.1) is 0 Å². The number of sulfone groups is 2. The molecule has 0 aliphatic carbocycles. The Hall–Kier alpha value is -4.46. The Morgan fingerprint density at radius 3 is 0.826 bits per heavy atom. The van der Waals surface area contributed by atoms with E-state index in [1.54, 1.807) is 9.80 Å². The maximum Gasteiger partial charge on any atom is 0.300 e. The molecule has 0 aromatic heterocycles. The third-order valence-corrected chi connectivity index (χ3v) is 8.52. The van der Waals surface area contributed by atoms with Crippen molar-refractivity contribution in [3.05, 3.63) is 64.7 Å². The molecule has 20 heteroatoms. The molecule has 2 aromatic carbocycles. The van der Waals surface area contributed by atoms with E-state index in [0.717, 1.165) is 36.8 Å². The van der Waals surface area contributed by atoms with Crippen LogP contribution in [0.2, 0.25) is 0 Å². The van der Waals surface area contributed by atoms with E-state index in [2.05, 4.69) is 0 Å². The molecule has 0 heterocycles. The zero-order chi connectivity index (χ0) is 35.6. The van der Waals surface area contributed by atoms with Gasteiger partial charge in [-0.3, -0.25) is 40.5 Å². The lowest BCUT2D eigenvalue weighted by Gasteiger charge is -2.23. The van der Waals surface area contributed by atoms with Crippen LogP contribution in [0.25, 0.3) is 0 Å². The van der Waals surface area contributed by atoms with Gasteiger partial charge < -0.3 is 9.80 Å². The number of nitro benzene ring substituents is 4. The van der Waals surface area contributed by atoms with Crippen LogP contribution in [0.4, 0.5) is 34.1 Å². The Kier molecular flexibility index (Phi) is 14.4. The first kappa shape index (κ1) is 39.6. The normalized spacial score (nSPS) is 11.3. The van der Waals surface area contributed by atoms with Crippen LogP contribution in [-0.2, 0) is 19.7 Å². The van der Waals surface area contributed by atoms with Crippen molar-refractivity contribution >= 4 is 53.8 Å². The zero-order valence-electron chi connectivity index (χ0n) is 26.4. The Morgan fingerprint density at radius 2 is 0.696 bits per heavy atom. The third-order valence-electron chi connectivity index (χ3n) is 6.34. The largest absolute Gasteiger partial charge is 0.360 e. The monoisotopic (exact) mass is 690 g/mol. The lowest BCUT2D eigenvalue weighted by molar-refractivity contribution is -0.393. The van der Waals surface area contributed by atoms with Gasteiger partial charge in [-0.05, 0) is 25.7 Å². The molecule has 0 radical (unpaired) electrons. The van der Waals surface area contributed by atoms with Gasteiger partial charge in [0.2, 0.25) is 0 Å². The minimum atomic E-state index is -3.81. The number of rotatable bonds is 16. The van der Waals surface area contributed by atoms with Crippen molar-refractivity contribution in [1.29, 1.82) is 0 Å². The average Bonchev–Trinajstić information content (AvgIpc) is 2.94. The van der Waals surface area contributed by atoms with Gasteiger partial charge in [-0.2, -0.15) is 0 Å². The molecular formula is C26H38N6O12S2. The summed E-state index contributed by atoms with van der Waals surface area (Å²) in [6.07, 6.45) is 4.27. The number of benzene rings is 2. The summed E-state index contributed by atoms with van der Waals surface area (Å²) in [7, 11) is -7.62. The van der Waals surface area contributed by atoms with E-state index in [0.29, 0.717) is 51.9 Å². The second-order valence-electron chi connectivity index (χ2n) is 10.2. The van der Waals surface area contributed by atoms with Gasteiger partial charge in [0.25, 0.3) is 0 Å². The summed E-state index contributed by atoms with van der Waals surface area (Å²) in [6.45, 7) is 9.00. The van der Waals surface area contributed by atoms with Crippen molar-refractivity contribution in [2.24, 2.45) is 0 Å². The summed E-state index contributed by atoms with van der Waals surface area (Å²) in [5.74, 6) is 0. The number of nitrogens with zero attached hydrogens (tertiary/aromatic N) is 6. The van der Waals surface area contributed by atoms with Crippen LogP contribution in [0.5, 0.6) is 0 Å². The van der Waals surface area contributed by atoms with Crippen LogP contribution >= 0.6 is 0 Å². The molecule has 256 valence electrons. The predicted octanol–water partition coefficient (Wildman–Crippen LogP) is 5.07. The van der Waals surface area contributed by atoms with Gasteiger partial charge >= 0.3 is 22.7 Å². The molecule has 0 fully saturated rings. The van der Waals surface area contributed by atoms with Crippen LogP contribution in [-0.4, -0.2) is 75.2 Å². The van der Waals surface area contributed by atoms with Crippen LogP contribution in [0.3, 0.4) is 0 Å². The third kappa shape index (κ3) is 10.3. The van der Waals surface area contributed by atoms with Crippen molar-refractivity contribution in [2.75, 3.05) is 48.5 Å². The fourth-order valence-corrected chi connectivity index (χ4v) is 5.84. The van der Waals surface area contributed by atoms with E-state index >= 15 is 0 Å². The maximum atomic E-state index is 11.7. The van der Waals surface area contributed by atoms with Crippen molar-refractivity contribution in [3.63, 3.8) is 0 Å². The highest BCUT2D eigenvalue weighted by Gasteiger charge is 2.34. The van der Waals surface area contributed by atoms with Gasteiger partial charge in [0.15, 0.2) is 31.0 Å². The molecule has 0 N–H and O–H groups in total. The molecular weight excluding hydrogens is 652 g/mol. The molecule has 46 heavy (non-hydrogen) atoms. The molecule has 0 aliphatic rings. The molecule has 2 aromatic rings. The molecule has 0 unspecified atom stereocenters. The molecule has 0 saturated heterocycles. The fraction of sp³-hybridized carbons (Fsp3) is 0.538. The highest BCUT2D eigenvalue weighted by atomic mass is 32.2. The SMILES string of the molecule is CCCN(CCC)c1c([N+](=O)[O-])cc(S(C)(=O)=O)cc1[N+](=O)[O-].CCCN(CCC)c1c([N+](=O)[O-])cc(S(C)(=O)=O)cc1[N+](=O)[O-]. The summed E-state index contributed by atoms with van der Waals surface area (Å²) in [5, 5.41) is 45.4. The van der Waals surface area contributed by atoms with Crippen LogP contribution in [0.15, 0.2) is 34.1 Å². The quantitative estimate of drug-likeness (QED) is 0.165. The molecule has 0 spiro atoms. The van der Waals surface area contributed by atoms with E-state index in [4.69, 9.17) is 0 Å². The Morgan fingerprint density at radius 1 is 0.500 bits per heavy atom. The topological polar surface area (TPSA) is 247 Å². The lowest BCUT2D eigenvalue weighted by Crippen LogP contribution is -2.26. The summed E-state index contributed by atoms with van der Waals surface area (Å²) >= 11 is 0. The first-order valence-electron chi connectivity index (χ1n) is 14.1. The first-order chi connectivity index (χ1) is 21.3. The standard InChI is InChI=1S/2C13H19N3O6S/c2*1-4-6-14(7-5-2)13-11(15(17)18)8-10(23(3,21)22)9-12(13)16(19)20/h2*8-9H,4-7H2,1-3H3. The van der Waals surface area contributed by atoms with Crippen molar-refractivity contribution in [2.45, 2.75) is 63.2 Å². The van der Waals surface area contributed by atoms with Gasteiger partial charge in [0.1, 0.15) is 0 Å². The molecule has 18 nitrogen and oxygen atoms in total. The van der Waals surface area contributed by atoms with E-state index in [1.165, 1.54) is 0 Å². The maximum absolute atomic E-state index is 11.7. The lowest BCUT2D eigenvalue weighted by atomic mass is 10.2. The number of anilines is 2. The van der Waals surface area contributed by atoms with Gasteiger partial charge in [0.05, 0.1) is 29.5 Å². The van der Waals surface area contributed by atoms with Crippen molar-refractivity contribution < 1.29 is 36.5 Å². The zero-order valence-corrected chi connectivity index (χ0v) is 28.0. The van der Waals surface area contributed by atoms with E-state index < -0.39 is 71.9 Å². The van der Waals surface area contributed by atoms with Crippen molar-refractivity contribution in [3.8, 4) is 0 Å². The second kappa shape index (κ2) is 16.7. The molecule has 0 amide bonds. The van der Waals surface area contributed by atoms with Gasteiger partial charge in [0, 0.05) is 63.0 Å². The summed E-state index contributed by atoms with van der Waals surface area (Å²) in [6, 6.07) is 3.54. The minimum Gasteiger partial charge on any atom is -0.360 e. The second-order valence-corrected chi connectivity index (χ2v) is 14.2. The molecule has 0 aliphatic heterocycles. The molecule has 0 bridgehead atoms. The number of hydrogen-bond donors (Lipinski definition) is 0. The highest BCUT2D eigenvalue weighted by molar-refractivity contribution is 7.91. The smallest absolute Gasteiger partial charge is 0.300 e. The Balaban J connectivity index is 0.000000460. The van der Waals surface area contributed by atoms with Crippen molar-refractivity contribution in [1.82, 2.24) is 0 Å². The first-order valence-corrected chi connectivity index (χ1v) is 17.9. The van der Waals surface area contributed by atoms with E-state index in [1.807, 2.05) is 27.7 Å².